The zero-order chi connectivity index (χ0) is 25.0. The highest BCUT2D eigenvalue weighted by Crippen LogP contribution is 2.65. The first-order valence-electron chi connectivity index (χ1n) is 13.6. The van der Waals surface area contributed by atoms with Crippen LogP contribution in [0.1, 0.15) is 82.0 Å². The lowest BCUT2D eigenvalue weighted by Crippen LogP contribution is -2.53. The van der Waals surface area contributed by atoms with Crippen LogP contribution in [0.5, 0.6) is 0 Å². The Kier molecular flexibility index (Phi) is 6.75. The van der Waals surface area contributed by atoms with Crippen LogP contribution in [0.2, 0.25) is 0 Å². The second-order valence-corrected chi connectivity index (χ2v) is 12.5. The van der Waals surface area contributed by atoms with Gasteiger partial charge in [-0.1, -0.05) is 6.92 Å². The highest BCUT2D eigenvalue weighted by Gasteiger charge is 2.58. The number of carbonyl (C=O) groups is 1. The molecule has 194 valence electrons. The van der Waals surface area contributed by atoms with Gasteiger partial charge in [-0.25, -0.2) is 8.78 Å². The van der Waals surface area contributed by atoms with Gasteiger partial charge in [0.15, 0.2) is 0 Å². The molecule has 0 aliphatic heterocycles. The topological polar surface area (TPSA) is 58.6 Å². The lowest BCUT2D eigenvalue weighted by Gasteiger charge is -2.57. The zero-order valence-electron chi connectivity index (χ0n) is 21.4. The van der Waals surface area contributed by atoms with Gasteiger partial charge >= 0.3 is 0 Å². The third-order valence-corrected chi connectivity index (χ3v) is 10.7. The Balaban J connectivity index is 1.26. The molecule has 1 unspecified atom stereocenters. The maximum absolute atomic E-state index is 14.2. The Bertz CT molecular complexity index is 956. The molecule has 35 heavy (non-hydrogen) atoms. The number of fused-ring (bicyclic) bond motifs is 5. The molecule has 4 saturated carbocycles. The highest BCUT2D eigenvalue weighted by atomic mass is 19.1. The van der Waals surface area contributed by atoms with Crippen molar-refractivity contribution in [2.75, 3.05) is 13.7 Å². The number of ether oxygens (including phenoxy) is 1. The number of rotatable bonds is 5. The van der Waals surface area contributed by atoms with Gasteiger partial charge in [-0.15, -0.1) is 0 Å². The van der Waals surface area contributed by atoms with Crippen molar-refractivity contribution >= 4 is 5.91 Å². The molecular formula is C29H41F2NO3. The van der Waals surface area contributed by atoms with Crippen LogP contribution in [-0.2, 0) is 4.74 Å². The molecule has 4 fully saturated rings. The minimum absolute atomic E-state index is 0.0615. The molecule has 0 bridgehead atoms. The molecule has 4 aliphatic carbocycles. The van der Waals surface area contributed by atoms with Crippen LogP contribution >= 0.6 is 0 Å². The van der Waals surface area contributed by atoms with Gasteiger partial charge in [0.25, 0.3) is 5.91 Å². The smallest absolute Gasteiger partial charge is 0.254 e. The Morgan fingerprint density at radius 1 is 1.11 bits per heavy atom. The van der Waals surface area contributed by atoms with Crippen molar-refractivity contribution in [3.8, 4) is 0 Å². The van der Waals surface area contributed by atoms with E-state index in [0.29, 0.717) is 30.3 Å². The van der Waals surface area contributed by atoms with Crippen molar-refractivity contribution in [2.45, 2.75) is 83.3 Å². The van der Waals surface area contributed by atoms with Crippen molar-refractivity contribution in [1.82, 2.24) is 5.32 Å². The summed E-state index contributed by atoms with van der Waals surface area (Å²) in [7, 11) is 1.68. The molecule has 0 aromatic heterocycles. The van der Waals surface area contributed by atoms with Crippen molar-refractivity contribution in [1.29, 1.82) is 0 Å². The summed E-state index contributed by atoms with van der Waals surface area (Å²) in [4.78, 5) is 12.8. The summed E-state index contributed by atoms with van der Waals surface area (Å²) in [6, 6.07) is 3.07. The summed E-state index contributed by atoms with van der Waals surface area (Å²) >= 11 is 0. The van der Waals surface area contributed by atoms with Gasteiger partial charge in [0.1, 0.15) is 11.6 Å². The van der Waals surface area contributed by atoms with E-state index in [2.05, 4.69) is 19.2 Å². The van der Waals surface area contributed by atoms with Crippen LogP contribution in [0.25, 0.3) is 0 Å². The van der Waals surface area contributed by atoms with Gasteiger partial charge in [0.2, 0.25) is 0 Å². The van der Waals surface area contributed by atoms with Gasteiger partial charge in [-0.2, -0.15) is 0 Å². The van der Waals surface area contributed by atoms with Crippen molar-refractivity contribution in [3.05, 3.63) is 35.4 Å². The predicted octanol–water partition coefficient (Wildman–Crippen LogP) is 5.73. The Labute approximate surface area is 208 Å². The van der Waals surface area contributed by atoms with Gasteiger partial charge in [-0.05, 0) is 118 Å². The first-order chi connectivity index (χ1) is 16.6. The van der Waals surface area contributed by atoms with Crippen molar-refractivity contribution < 1.29 is 23.4 Å². The molecule has 0 heterocycles. The number of hydrogen-bond acceptors (Lipinski definition) is 3. The van der Waals surface area contributed by atoms with Crippen LogP contribution in [0, 0.1) is 52.6 Å². The molecule has 1 amide bonds. The van der Waals surface area contributed by atoms with E-state index < -0.39 is 23.1 Å². The molecule has 4 aliphatic rings. The fourth-order valence-electron chi connectivity index (χ4n) is 9.28. The third-order valence-electron chi connectivity index (χ3n) is 10.7. The summed E-state index contributed by atoms with van der Waals surface area (Å²) in [5, 5.41) is 14.0. The Morgan fingerprint density at radius 2 is 1.89 bits per heavy atom. The Hall–Kier alpha value is -1.53. The van der Waals surface area contributed by atoms with Crippen molar-refractivity contribution in [3.63, 3.8) is 0 Å². The minimum atomic E-state index is -0.813. The van der Waals surface area contributed by atoms with Crippen molar-refractivity contribution in [2.24, 2.45) is 40.9 Å². The fourth-order valence-corrected chi connectivity index (χ4v) is 9.28. The molecule has 0 spiro atoms. The number of amides is 1. The molecule has 9 atom stereocenters. The third kappa shape index (κ3) is 4.43. The largest absolute Gasteiger partial charge is 0.387 e. The molecule has 1 aromatic rings. The number of benzene rings is 1. The Morgan fingerprint density at radius 3 is 2.63 bits per heavy atom. The first-order valence-corrected chi connectivity index (χ1v) is 13.6. The number of aliphatic hydroxyl groups is 1. The quantitative estimate of drug-likeness (QED) is 0.555. The van der Waals surface area contributed by atoms with E-state index >= 15 is 0 Å². The van der Waals surface area contributed by atoms with Crippen LogP contribution < -0.4 is 5.32 Å². The predicted molar refractivity (Wildman–Crippen MR) is 131 cm³/mol. The standard InChI is InChI=1S/C29H41F2NO3/c1-17(32-27(33)23-7-5-19(30)14-26(23)31)24-8-9-25-22-6-4-18-15-29(34,16-35-3)13-11-20(18)21(22)10-12-28(24,25)2/h5,7,14,17-18,20-22,24-25,34H,4,6,8-13,15-16H2,1-3H3,(H,32,33)/t17-,18+,20-,21+,22+,24?,25-,28+,29+/m0/s1. The van der Waals surface area contributed by atoms with Gasteiger partial charge in [0, 0.05) is 19.2 Å². The van der Waals surface area contributed by atoms with Crippen LogP contribution in [0.3, 0.4) is 0 Å². The summed E-state index contributed by atoms with van der Waals surface area (Å²) in [6.07, 6.45) is 9.94. The lowest BCUT2D eigenvalue weighted by molar-refractivity contribution is -0.125. The summed E-state index contributed by atoms with van der Waals surface area (Å²) in [5.41, 5.74) is -0.569. The molecule has 5 rings (SSSR count). The molecule has 1 aromatic carbocycles. The SMILES string of the molecule is COC[C@@]1(O)CC[C@H]2[C@H](CC[C@@H]3[C@@H]2CC[C@]2(C)C([C@H](C)NC(=O)c4ccc(F)cc4F)CC[C@@H]32)C1. The average Bonchev–Trinajstić information content (AvgIpc) is 3.16. The maximum Gasteiger partial charge on any atom is 0.254 e. The van der Waals surface area contributed by atoms with E-state index in [9.17, 15) is 18.7 Å². The highest BCUT2D eigenvalue weighted by molar-refractivity contribution is 5.94. The minimum Gasteiger partial charge on any atom is -0.387 e. The molecule has 6 heteroatoms. The molecule has 4 nitrogen and oxygen atoms in total. The fraction of sp³-hybridized carbons (Fsp3) is 0.759. The van der Waals surface area contributed by atoms with Crippen LogP contribution in [0.4, 0.5) is 8.78 Å². The normalized spacial score (nSPS) is 41.4. The van der Waals surface area contributed by atoms with Gasteiger partial charge < -0.3 is 15.2 Å². The summed E-state index contributed by atoms with van der Waals surface area (Å²) < 4.78 is 32.8. The molecular weight excluding hydrogens is 448 g/mol. The van der Waals surface area contributed by atoms with Crippen LogP contribution in [0.15, 0.2) is 18.2 Å². The summed E-state index contributed by atoms with van der Waals surface area (Å²) in [6.45, 7) is 4.92. The van der Waals surface area contributed by atoms with E-state index in [0.717, 1.165) is 49.7 Å². The molecule has 0 radical (unpaired) electrons. The first kappa shape index (κ1) is 25.1. The van der Waals surface area contributed by atoms with E-state index in [1.807, 2.05) is 0 Å². The number of nitrogens with one attached hydrogen (secondary N) is 1. The van der Waals surface area contributed by atoms with Crippen LogP contribution in [-0.4, -0.2) is 36.4 Å². The lowest BCUT2D eigenvalue weighted by atomic mass is 9.48. The van der Waals surface area contributed by atoms with E-state index in [4.69, 9.17) is 4.74 Å². The second-order valence-electron chi connectivity index (χ2n) is 12.5. The monoisotopic (exact) mass is 489 g/mol. The number of halogens is 2. The number of carbonyl (C=O) groups excluding carboxylic acids is 1. The summed E-state index contributed by atoms with van der Waals surface area (Å²) in [5.74, 6) is 1.87. The number of hydrogen-bond donors (Lipinski definition) is 2. The average molecular weight is 490 g/mol. The maximum atomic E-state index is 14.2. The zero-order valence-corrected chi connectivity index (χ0v) is 21.4. The second kappa shape index (κ2) is 9.41. The van der Waals surface area contributed by atoms with E-state index in [-0.39, 0.29) is 17.0 Å². The van der Waals surface area contributed by atoms with E-state index in [1.54, 1.807) is 7.11 Å². The molecule has 2 N–H and O–H groups in total. The van der Waals surface area contributed by atoms with E-state index in [1.165, 1.54) is 38.2 Å². The number of methoxy groups -OCH3 is 1. The van der Waals surface area contributed by atoms with Gasteiger partial charge in [0.05, 0.1) is 17.8 Å². The van der Waals surface area contributed by atoms with Gasteiger partial charge in [-0.3, -0.25) is 4.79 Å². The molecule has 0 saturated heterocycles.